The molecular weight excluding hydrogens is 423 g/mol. The van der Waals surface area contributed by atoms with Gasteiger partial charge in [-0.2, -0.15) is 0 Å². The van der Waals surface area contributed by atoms with Crippen molar-refractivity contribution in [2.45, 2.75) is 19.3 Å². The van der Waals surface area contributed by atoms with E-state index in [4.69, 9.17) is 39.5 Å². The summed E-state index contributed by atoms with van der Waals surface area (Å²) in [6.07, 6.45) is 3.20. The van der Waals surface area contributed by atoms with Crippen molar-refractivity contribution in [1.29, 1.82) is 0 Å². The Morgan fingerprint density at radius 1 is 0.964 bits per heavy atom. The molecule has 0 unspecified atom stereocenters. The first-order chi connectivity index (χ1) is 13.4. The van der Waals surface area contributed by atoms with Crippen LogP contribution in [0.15, 0.2) is 36.4 Å². The van der Waals surface area contributed by atoms with Crippen LogP contribution >= 0.6 is 34.8 Å². The number of hydrogen-bond acceptors (Lipinski definition) is 3. The first-order valence-corrected chi connectivity index (χ1v) is 10.0. The fourth-order valence-electron chi connectivity index (χ4n) is 2.96. The van der Waals surface area contributed by atoms with Crippen LogP contribution in [0.2, 0.25) is 15.1 Å². The normalized spacial score (nSPS) is 13.9. The maximum absolute atomic E-state index is 12.6. The minimum Gasteiger partial charge on any atom is -0.482 e. The van der Waals surface area contributed by atoms with E-state index >= 15 is 0 Å². The summed E-state index contributed by atoms with van der Waals surface area (Å²) in [5.41, 5.74) is 1.07. The lowest BCUT2D eigenvalue weighted by Crippen LogP contribution is -2.35. The van der Waals surface area contributed by atoms with Crippen LogP contribution in [0.3, 0.4) is 0 Å². The van der Waals surface area contributed by atoms with Crippen LogP contribution in [0.4, 0.5) is 5.69 Å². The third-order valence-corrected chi connectivity index (χ3v) is 5.39. The second-order valence-corrected chi connectivity index (χ2v) is 7.69. The van der Waals surface area contributed by atoms with Gasteiger partial charge in [-0.1, -0.05) is 40.9 Å². The minimum atomic E-state index is -0.385. The van der Waals surface area contributed by atoms with E-state index in [0.29, 0.717) is 16.3 Å². The topological polar surface area (TPSA) is 58.6 Å². The summed E-state index contributed by atoms with van der Waals surface area (Å²) in [5, 5.41) is 3.57. The van der Waals surface area contributed by atoms with Crippen molar-refractivity contribution in [3.63, 3.8) is 0 Å². The molecule has 0 spiro atoms. The standard InChI is InChI=1S/C20H19Cl3N2O3/c21-15-10-17(23)18(11-16(15)22)28-12-19(26)24-14-6-4-5-13(9-14)20(27)25-7-2-1-3-8-25/h4-6,9-11H,1-3,7-8,12H2,(H,24,26). The number of halogens is 3. The first kappa shape index (κ1) is 20.8. The van der Waals surface area contributed by atoms with E-state index in [1.165, 1.54) is 12.1 Å². The van der Waals surface area contributed by atoms with Crippen LogP contribution in [-0.2, 0) is 4.79 Å². The molecule has 5 nitrogen and oxygen atoms in total. The number of benzene rings is 2. The molecule has 1 saturated heterocycles. The number of hydrogen-bond donors (Lipinski definition) is 1. The highest BCUT2D eigenvalue weighted by Crippen LogP contribution is 2.33. The third-order valence-electron chi connectivity index (χ3n) is 4.37. The van der Waals surface area contributed by atoms with Crippen molar-refractivity contribution in [3.05, 3.63) is 57.0 Å². The molecule has 8 heteroatoms. The summed E-state index contributed by atoms with van der Waals surface area (Å²) in [5.74, 6) is -0.139. The Hall–Kier alpha value is -1.95. The molecule has 1 N–H and O–H groups in total. The van der Waals surface area contributed by atoms with E-state index in [1.54, 1.807) is 24.3 Å². The van der Waals surface area contributed by atoms with E-state index in [2.05, 4.69) is 5.32 Å². The molecule has 0 saturated carbocycles. The Labute approximate surface area is 178 Å². The van der Waals surface area contributed by atoms with Gasteiger partial charge < -0.3 is 15.0 Å². The Morgan fingerprint density at radius 2 is 1.68 bits per heavy atom. The van der Waals surface area contributed by atoms with Crippen molar-refractivity contribution in [1.82, 2.24) is 4.90 Å². The van der Waals surface area contributed by atoms with E-state index in [-0.39, 0.29) is 34.2 Å². The summed E-state index contributed by atoms with van der Waals surface area (Å²) in [6, 6.07) is 9.78. The van der Waals surface area contributed by atoms with Gasteiger partial charge >= 0.3 is 0 Å². The molecule has 2 aromatic carbocycles. The largest absolute Gasteiger partial charge is 0.482 e. The lowest BCUT2D eigenvalue weighted by atomic mass is 10.1. The van der Waals surface area contributed by atoms with Crippen LogP contribution < -0.4 is 10.1 Å². The van der Waals surface area contributed by atoms with Crippen LogP contribution in [0.5, 0.6) is 5.75 Å². The molecule has 0 atom stereocenters. The third kappa shape index (κ3) is 5.31. The summed E-state index contributed by atoms with van der Waals surface area (Å²) in [7, 11) is 0. The predicted molar refractivity (Wildman–Crippen MR) is 112 cm³/mol. The second-order valence-electron chi connectivity index (χ2n) is 6.47. The quantitative estimate of drug-likeness (QED) is 0.641. The zero-order chi connectivity index (χ0) is 20.1. The van der Waals surface area contributed by atoms with Crippen LogP contribution in [-0.4, -0.2) is 36.4 Å². The van der Waals surface area contributed by atoms with Gasteiger partial charge in [-0.3, -0.25) is 9.59 Å². The average molecular weight is 442 g/mol. The van der Waals surface area contributed by atoms with Crippen LogP contribution in [0.25, 0.3) is 0 Å². The lowest BCUT2D eigenvalue weighted by Gasteiger charge is -2.26. The number of piperidine rings is 1. The Morgan fingerprint density at radius 3 is 2.43 bits per heavy atom. The predicted octanol–water partition coefficient (Wildman–Crippen LogP) is 5.29. The fraction of sp³-hybridized carbons (Fsp3) is 0.300. The summed E-state index contributed by atoms with van der Waals surface area (Å²) < 4.78 is 5.42. The van der Waals surface area contributed by atoms with Gasteiger partial charge in [-0.05, 0) is 43.5 Å². The van der Waals surface area contributed by atoms with Gasteiger partial charge in [0.05, 0.1) is 15.1 Å². The minimum absolute atomic E-state index is 0.0189. The average Bonchev–Trinajstić information content (AvgIpc) is 2.70. The van der Waals surface area contributed by atoms with E-state index in [1.807, 2.05) is 4.90 Å². The summed E-state index contributed by atoms with van der Waals surface area (Å²) >= 11 is 17.8. The van der Waals surface area contributed by atoms with Gasteiger partial charge in [0.2, 0.25) is 0 Å². The van der Waals surface area contributed by atoms with Gasteiger partial charge in [0.1, 0.15) is 5.75 Å². The number of amides is 2. The molecule has 1 aliphatic rings. The highest BCUT2D eigenvalue weighted by atomic mass is 35.5. The van der Waals surface area contributed by atoms with Crippen molar-refractivity contribution in [2.75, 3.05) is 25.0 Å². The molecule has 0 aliphatic carbocycles. The van der Waals surface area contributed by atoms with Gasteiger partial charge in [0.25, 0.3) is 11.8 Å². The van der Waals surface area contributed by atoms with Gasteiger partial charge in [-0.15, -0.1) is 0 Å². The molecule has 2 aromatic rings. The van der Waals surface area contributed by atoms with Gasteiger partial charge in [0.15, 0.2) is 6.61 Å². The number of nitrogens with zero attached hydrogens (tertiary/aromatic N) is 1. The maximum Gasteiger partial charge on any atom is 0.262 e. The molecule has 1 aliphatic heterocycles. The Bertz CT molecular complexity index is 883. The van der Waals surface area contributed by atoms with Crippen LogP contribution in [0.1, 0.15) is 29.6 Å². The Kier molecular flexibility index (Phi) is 7.05. The SMILES string of the molecule is O=C(COc1cc(Cl)c(Cl)cc1Cl)Nc1cccc(C(=O)N2CCCCC2)c1. The van der Waals surface area contributed by atoms with E-state index in [9.17, 15) is 9.59 Å². The number of rotatable bonds is 5. The van der Waals surface area contributed by atoms with Gasteiger partial charge in [0, 0.05) is 30.4 Å². The number of nitrogens with one attached hydrogen (secondary N) is 1. The molecular formula is C20H19Cl3N2O3. The lowest BCUT2D eigenvalue weighted by molar-refractivity contribution is -0.118. The van der Waals surface area contributed by atoms with Crippen molar-refractivity contribution >= 4 is 52.3 Å². The highest BCUT2D eigenvalue weighted by Gasteiger charge is 2.18. The Balaban J connectivity index is 1.60. The molecule has 1 fully saturated rings. The number of likely N-dealkylation sites (tertiary alicyclic amines) is 1. The summed E-state index contributed by atoms with van der Waals surface area (Å²) in [4.78, 5) is 26.6. The van der Waals surface area contributed by atoms with E-state index < -0.39 is 0 Å². The smallest absolute Gasteiger partial charge is 0.262 e. The molecule has 2 amide bonds. The fourth-order valence-corrected chi connectivity index (χ4v) is 3.56. The zero-order valence-corrected chi connectivity index (χ0v) is 17.3. The molecule has 1 heterocycles. The highest BCUT2D eigenvalue weighted by molar-refractivity contribution is 6.43. The maximum atomic E-state index is 12.6. The number of carbonyl (C=O) groups excluding carboxylic acids is 2. The molecule has 0 bridgehead atoms. The van der Waals surface area contributed by atoms with Crippen molar-refractivity contribution < 1.29 is 14.3 Å². The molecule has 148 valence electrons. The first-order valence-electron chi connectivity index (χ1n) is 8.90. The van der Waals surface area contributed by atoms with Crippen molar-refractivity contribution in [2.24, 2.45) is 0 Å². The van der Waals surface area contributed by atoms with Crippen molar-refractivity contribution in [3.8, 4) is 5.75 Å². The number of anilines is 1. The molecule has 28 heavy (non-hydrogen) atoms. The zero-order valence-electron chi connectivity index (χ0n) is 15.0. The molecule has 0 aromatic heterocycles. The van der Waals surface area contributed by atoms with Gasteiger partial charge in [-0.25, -0.2) is 0 Å². The number of carbonyl (C=O) groups is 2. The van der Waals surface area contributed by atoms with Crippen LogP contribution in [0, 0.1) is 0 Å². The second kappa shape index (κ2) is 9.50. The number of ether oxygens (including phenoxy) is 1. The molecule has 0 radical (unpaired) electrons. The monoisotopic (exact) mass is 440 g/mol. The van der Waals surface area contributed by atoms with E-state index in [0.717, 1.165) is 32.4 Å². The summed E-state index contributed by atoms with van der Waals surface area (Å²) in [6.45, 7) is 1.28. The molecule has 3 rings (SSSR count).